The van der Waals surface area contributed by atoms with Crippen molar-refractivity contribution < 1.29 is 4.79 Å². The summed E-state index contributed by atoms with van der Waals surface area (Å²) in [6, 6.07) is 9.17. The van der Waals surface area contributed by atoms with Gasteiger partial charge in [0.2, 0.25) is 5.91 Å². The van der Waals surface area contributed by atoms with Crippen molar-refractivity contribution in [3.8, 4) is 18.4 Å². The standard InChI is InChI=1S/C16H16N2O/c1-2-9-18(12-15-7-8-15)16(19)10-13-3-5-14(11-17)6-4-13/h1,3-6,15H,7-10,12H2. The number of nitrogens with zero attached hydrogens (tertiary/aromatic N) is 2. The van der Waals surface area contributed by atoms with Crippen LogP contribution in [0, 0.1) is 29.6 Å². The Balaban J connectivity index is 1.96. The van der Waals surface area contributed by atoms with Gasteiger partial charge in [-0.05, 0) is 36.5 Å². The summed E-state index contributed by atoms with van der Waals surface area (Å²) in [7, 11) is 0. The van der Waals surface area contributed by atoms with Crippen LogP contribution >= 0.6 is 0 Å². The van der Waals surface area contributed by atoms with Crippen LogP contribution in [0.5, 0.6) is 0 Å². The topological polar surface area (TPSA) is 44.1 Å². The molecule has 0 atom stereocenters. The molecular formula is C16H16N2O. The monoisotopic (exact) mass is 252 g/mol. The van der Waals surface area contributed by atoms with E-state index in [-0.39, 0.29) is 5.91 Å². The van der Waals surface area contributed by atoms with Crippen LogP contribution in [0.15, 0.2) is 24.3 Å². The van der Waals surface area contributed by atoms with E-state index >= 15 is 0 Å². The Morgan fingerprint density at radius 1 is 1.37 bits per heavy atom. The van der Waals surface area contributed by atoms with Crippen molar-refractivity contribution in [2.45, 2.75) is 19.3 Å². The van der Waals surface area contributed by atoms with E-state index < -0.39 is 0 Å². The minimum absolute atomic E-state index is 0.0644. The number of nitriles is 1. The van der Waals surface area contributed by atoms with Crippen molar-refractivity contribution in [3.63, 3.8) is 0 Å². The van der Waals surface area contributed by atoms with Crippen LogP contribution in [0.2, 0.25) is 0 Å². The lowest BCUT2D eigenvalue weighted by Crippen LogP contribution is -2.34. The van der Waals surface area contributed by atoms with Gasteiger partial charge in [-0.2, -0.15) is 5.26 Å². The molecule has 0 heterocycles. The van der Waals surface area contributed by atoms with E-state index in [1.165, 1.54) is 12.8 Å². The molecule has 0 saturated heterocycles. The zero-order valence-corrected chi connectivity index (χ0v) is 10.8. The second kappa shape index (κ2) is 6.07. The molecule has 2 rings (SSSR count). The summed E-state index contributed by atoms with van der Waals surface area (Å²) in [4.78, 5) is 13.9. The van der Waals surface area contributed by atoms with E-state index in [1.807, 2.05) is 12.1 Å². The molecule has 1 aromatic rings. The van der Waals surface area contributed by atoms with E-state index in [4.69, 9.17) is 11.7 Å². The molecule has 0 aliphatic heterocycles. The van der Waals surface area contributed by atoms with Gasteiger partial charge in [0, 0.05) is 6.54 Å². The van der Waals surface area contributed by atoms with Gasteiger partial charge in [-0.3, -0.25) is 4.79 Å². The molecule has 0 N–H and O–H groups in total. The Morgan fingerprint density at radius 3 is 2.58 bits per heavy atom. The molecule has 1 aliphatic carbocycles. The molecule has 3 heteroatoms. The maximum Gasteiger partial charge on any atom is 0.227 e. The van der Waals surface area contributed by atoms with Crippen molar-refractivity contribution >= 4 is 5.91 Å². The van der Waals surface area contributed by atoms with Crippen molar-refractivity contribution in [2.24, 2.45) is 5.92 Å². The highest BCUT2D eigenvalue weighted by Crippen LogP contribution is 2.29. The molecule has 3 nitrogen and oxygen atoms in total. The second-order valence-corrected chi connectivity index (χ2v) is 4.91. The van der Waals surface area contributed by atoms with E-state index in [2.05, 4.69) is 12.0 Å². The lowest BCUT2D eigenvalue weighted by Gasteiger charge is -2.20. The Kier molecular flexibility index (Phi) is 4.21. The summed E-state index contributed by atoms with van der Waals surface area (Å²) in [6.45, 7) is 1.16. The summed E-state index contributed by atoms with van der Waals surface area (Å²) in [5.41, 5.74) is 1.52. The first-order chi connectivity index (χ1) is 9.22. The van der Waals surface area contributed by atoms with Crippen molar-refractivity contribution in [1.29, 1.82) is 5.26 Å². The highest BCUT2D eigenvalue weighted by molar-refractivity contribution is 5.79. The lowest BCUT2D eigenvalue weighted by molar-refractivity contribution is -0.130. The van der Waals surface area contributed by atoms with E-state index in [1.54, 1.807) is 17.0 Å². The summed E-state index contributed by atoms with van der Waals surface area (Å²) >= 11 is 0. The fourth-order valence-corrected chi connectivity index (χ4v) is 1.96. The van der Waals surface area contributed by atoms with Gasteiger partial charge in [0.15, 0.2) is 0 Å². The minimum Gasteiger partial charge on any atom is -0.331 e. The molecule has 1 saturated carbocycles. The number of benzene rings is 1. The van der Waals surface area contributed by atoms with Crippen molar-refractivity contribution in [3.05, 3.63) is 35.4 Å². The molecule has 0 bridgehead atoms. The number of carbonyl (C=O) groups is 1. The van der Waals surface area contributed by atoms with Gasteiger partial charge >= 0.3 is 0 Å². The van der Waals surface area contributed by atoms with Crippen molar-refractivity contribution in [2.75, 3.05) is 13.1 Å². The molecule has 1 fully saturated rings. The number of hydrogen-bond donors (Lipinski definition) is 0. The molecule has 0 spiro atoms. The maximum atomic E-state index is 12.2. The Morgan fingerprint density at radius 2 is 2.05 bits per heavy atom. The van der Waals surface area contributed by atoms with E-state index in [0.29, 0.717) is 24.4 Å². The molecule has 0 radical (unpaired) electrons. The van der Waals surface area contributed by atoms with Gasteiger partial charge < -0.3 is 4.90 Å². The Hall–Kier alpha value is -2.26. The predicted molar refractivity (Wildman–Crippen MR) is 73.0 cm³/mol. The minimum atomic E-state index is 0.0644. The van der Waals surface area contributed by atoms with Gasteiger partial charge in [0.05, 0.1) is 24.6 Å². The number of amides is 1. The molecule has 0 aromatic heterocycles. The van der Waals surface area contributed by atoms with Gasteiger partial charge in [0.25, 0.3) is 0 Å². The molecule has 19 heavy (non-hydrogen) atoms. The summed E-state index contributed by atoms with van der Waals surface area (Å²) in [6.07, 6.45) is 8.06. The largest absolute Gasteiger partial charge is 0.331 e. The fourth-order valence-electron chi connectivity index (χ4n) is 1.96. The molecule has 96 valence electrons. The quantitative estimate of drug-likeness (QED) is 0.752. The van der Waals surface area contributed by atoms with Crippen molar-refractivity contribution in [1.82, 2.24) is 4.90 Å². The molecule has 0 unspecified atom stereocenters. The van der Waals surface area contributed by atoms with E-state index in [9.17, 15) is 4.79 Å². The summed E-state index contributed by atoms with van der Waals surface area (Å²) in [5.74, 6) is 3.25. The second-order valence-electron chi connectivity index (χ2n) is 4.91. The third-order valence-corrected chi connectivity index (χ3v) is 3.25. The highest BCUT2D eigenvalue weighted by atomic mass is 16.2. The van der Waals surface area contributed by atoms with Gasteiger partial charge in [-0.25, -0.2) is 0 Å². The number of carbonyl (C=O) groups excluding carboxylic acids is 1. The third-order valence-electron chi connectivity index (χ3n) is 3.25. The summed E-state index contributed by atoms with van der Waals surface area (Å²) < 4.78 is 0. The first-order valence-electron chi connectivity index (χ1n) is 6.43. The predicted octanol–water partition coefficient (Wildman–Crippen LogP) is 1.97. The van der Waals surface area contributed by atoms with Crippen LogP contribution in [0.4, 0.5) is 0 Å². The average Bonchev–Trinajstić information content (AvgIpc) is 3.23. The smallest absolute Gasteiger partial charge is 0.227 e. The molecular weight excluding hydrogens is 236 g/mol. The van der Waals surface area contributed by atoms with Gasteiger partial charge in [0.1, 0.15) is 0 Å². The zero-order valence-electron chi connectivity index (χ0n) is 10.8. The molecule has 1 amide bonds. The zero-order chi connectivity index (χ0) is 13.7. The number of hydrogen-bond acceptors (Lipinski definition) is 2. The lowest BCUT2D eigenvalue weighted by atomic mass is 10.1. The van der Waals surface area contributed by atoms with Crippen LogP contribution in [0.25, 0.3) is 0 Å². The Labute approximate surface area is 113 Å². The fraction of sp³-hybridized carbons (Fsp3) is 0.375. The summed E-state index contributed by atoms with van der Waals surface area (Å²) in [5, 5.41) is 8.73. The Bertz CT molecular complexity index is 529. The SMILES string of the molecule is C#CCN(CC1CC1)C(=O)Cc1ccc(C#N)cc1. The molecule has 1 aromatic carbocycles. The van der Waals surface area contributed by atoms with Crippen LogP contribution in [-0.4, -0.2) is 23.9 Å². The third kappa shape index (κ3) is 3.86. The number of terminal acetylenes is 1. The molecule has 1 aliphatic rings. The van der Waals surface area contributed by atoms with E-state index in [0.717, 1.165) is 12.1 Å². The maximum absolute atomic E-state index is 12.2. The first-order valence-corrected chi connectivity index (χ1v) is 6.43. The van der Waals surface area contributed by atoms with Crippen LogP contribution in [-0.2, 0) is 11.2 Å². The van der Waals surface area contributed by atoms with Crippen LogP contribution in [0.3, 0.4) is 0 Å². The number of rotatable bonds is 5. The van der Waals surface area contributed by atoms with Crippen LogP contribution in [0.1, 0.15) is 24.0 Å². The first kappa shape index (κ1) is 13.2. The van der Waals surface area contributed by atoms with Crippen LogP contribution < -0.4 is 0 Å². The normalized spacial score (nSPS) is 13.4. The average molecular weight is 252 g/mol. The van der Waals surface area contributed by atoms with Gasteiger partial charge in [-0.15, -0.1) is 6.42 Å². The highest BCUT2D eigenvalue weighted by Gasteiger charge is 2.26. The van der Waals surface area contributed by atoms with Gasteiger partial charge in [-0.1, -0.05) is 18.1 Å².